The highest BCUT2D eigenvalue weighted by Crippen LogP contribution is 2.33. The molecular weight excluding hydrogens is 270 g/mol. The van der Waals surface area contributed by atoms with Crippen molar-refractivity contribution in [2.24, 2.45) is 0 Å². The summed E-state index contributed by atoms with van der Waals surface area (Å²) < 4.78 is 0. The molecule has 0 saturated carbocycles. The molecule has 0 atom stereocenters. The molecular formula is C14H11N5O2. The summed E-state index contributed by atoms with van der Waals surface area (Å²) >= 11 is 0. The van der Waals surface area contributed by atoms with Gasteiger partial charge < -0.3 is 5.32 Å². The second-order valence-electron chi connectivity index (χ2n) is 4.34. The van der Waals surface area contributed by atoms with Crippen LogP contribution in [0.25, 0.3) is 22.0 Å². The lowest BCUT2D eigenvalue weighted by Gasteiger charge is -2.07. The van der Waals surface area contributed by atoms with Crippen LogP contribution in [0.15, 0.2) is 42.9 Å². The van der Waals surface area contributed by atoms with Crippen molar-refractivity contribution in [2.45, 2.75) is 0 Å². The van der Waals surface area contributed by atoms with E-state index in [4.69, 9.17) is 0 Å². The fourth-order valence-electron chi connectivity index (χ4n) is 2.16. The van der Waals surface area contributed by atoms with Crippen molar-refractivity contribution in [1.82, 2.24) is 15.0 Å². The fraction of sp³-hybridized carbons (Fsp3) is 0.0714. The van der Waals surface area contributed by atoms with Crippen LogP contribution in [-0.2, 0) is 0 Å². The summed E-state index contributed by atoms with van der Waals surface area (Å²) in [6.45, 7) is 0. The predicted octanol–water partition coefficient (Wildman–Crippen LogP) is 2.64. The van der Waals surface area contributed by atoms with Crippen molar-refractivity contribution < 1.29 is 4.92 Å². The van der Waals surface area contributed by atoms with Gasteiger partial charge in [0, 0.05) is 30.4 Å². The Labute approximate surface area is 119 Å². The third-order valence-electron chi connectivity index (χ3n) is 3.13. The Balaban J connectivity index is 2.34. The molecule has 1 N–H and O–H groups in total. The quantitative estimate of drug-likeness (QED) is 0.586. The van der Waals surface area contributed by atoms with Gasteiger partial charge in [0.25, 0.3) is 0 Å². The number of rotatable bonds is 3. The van der Waals surface area contributed by atoms with E-state index in [0.29, 0.717) is 11.5 Å². The molecule has 104 valence electrons. The molecule has 0 bridgehead atoms. The molecule has 1 aromatic carbocycles. The van der Waals surface area contributed by atoms with Crippen LogP contribution in [0, 0.1) is 10.1 Å². The number of nitrogens with one attached hydrogen (secondary N) is 1. The molecule has 0 aliphatic carbocycles. The van der Waals surface area contributed by atoms with E-state index >= 15 is 0 Å². The number of hydrogen-bond acceptors (Lipinski definition) is 6. The normalized spacial score (nSPS) is 10.5. The molecule has 0 spiro atoms. The van der Waals surface area contributed by atoms with Crippen molar-refractivity contribution in [3.05, 3.63) is 53.0 Å². The van der Waals surface area contributed by atoms with E-state index in [9.17, 15) is 10.1 Å². The first-order valence-electron chi connectivity index (χ1n) is 6.23. The van der Waals surface area contributed by atoms with E-state index in [1.54, 1.807) is 25.5 Å². The number of hydrogen-bond donors (Lipinski definition) is 1. The number of nitro groups is 1. The fourth-order valence-corrected chi connectivity index (χ4v) is 2.16. The molecule has 0 fully saturated rings. The van der Waals surface area contributed by atoms with Gasteiger partial charge in [-0.1, -0.05) is 18.2 Å². The van der Waals surface area contributed by atoms with Gasteiger partial charge in [-0.05, 0) is 11.5 Å². The zero-order valence-electron chi connectivity index (χ0n) is 11.1. The van der Waals surface area contributed by atoms with Gasteiger partial charge in [-0.25, -0.2) is 9.97 Å². The standard InChI is InChI=1S/C14H11N5O2/c1-15-14-17-8-12(19(20)21)13(18-14)11-4-2-3-9-7-16-6-5-10(9)11/h2-8H,1H3,(H,15,17,18). The molecule has 0 amide bonds. The molecule has 2 aromatic heterocycles. The van der Waals surface area contributed by atoms with Crippen LogP contribution in [0.5, 0.6) is 0 Å². The lowest BCUT2D eigenvalue weighted by molar-refractivity contribution is -0.384. The summed E-state index contributed by atoms with van der Waals surface area (Å²) in [6.07, 6.45) is 4.58. The molecule has 3 aromatic rings. The van der Waals surface area contributed by atoms with Crippen molar-refractivity contribution >= 4 is 22.4 Å². The first-order chi connectivity index (χ1) is 10.2. The van der Waals surface area contributed by atoms with E-state index in [-0.39, 0.29) is 11.4 Å². The van der Waals surface area contributed by atoms with Crippen molar-refractivity contribution in [3.63, 3.8) is 0 Å². The lowest BCUT2D eigenvalue weighted by Crippen LogP contribution is -2.02. The second-order valence-corrected chi connectivity index (χ2v) is 4.34. The van der Waals surface area contributed by atoms with Crippen LogP contribution >= 0.6 is 0 Å². The number of fused-ring (bicyclic) bond motifs is 1. The molecule has 3 rings (SSSR count). The first kappa shape index (κ1) is 12.9. The summed E-state index contributed by atoms with van der Waals surface area (Å²) in [7, 11) is 1.66. The second kappa shape index (κ2) is 5.12. The molecule has 0 aliphatic rings. The number of nitrogens with zero attached hydrogens (tertiary/aromatic N) is 4. The van der Waals surface area contributed by atoms with Gasteiger partial charge in [0.1, 0.15) is 6.20 Å². The van der Waals surface area contributed by atoms with E-state index in [1.165, 1.54) is 6.20 Å². The maximum Gasteiger partial charge on any atom is 0.313 e. The smallest absolute Gasteiger partial charge is 0.313 e. The zero-order chi connectivity index (χ0) is 14.8. The summed E-state index contributed by atoms with van der Waals surface area (Å²) in [5, 5.41) is 15.8. The van der Waals surface area contributed by atoms with Crippen LogP contribution in [0.4, 0.5) is 11.6 Å². The largest absolute Gasteiger partial charge is 0.357 e. The van der Waals surface area contributed by atoms with Crippen LogP contribution in [0.3, 0.4) is 0 Å². The van der Waals surface area contributed by atoms with Gasteiger partial charge in [0.15, 0.2) is 5.69 Å². The van der Waals surface area contributed by atoms with E-state index in [2.05, 4.69) is 20.3 Å². The minimum absolute atomic E-state index is 0.127. The Hall–Kier alpha value is -3.09. The first-order valence-corrected chi connectivity index (χ1v) is 6.23. The van der Waals surface area contributed by atoms with Crippen LogP contribution in [0.1, 0.15) is 0 Å². The average Bonchev–Trinajstić information content (AvgIpc) is 2.53. The number of anilines is 1. The minimum atomic E-state index is -0.477. The van der Waals surface area contributed by atoms with Crippen molar-refractivity contribution in [1.29, 1.82) is 0 Å². The minimum Gasteiger partial charge on any atom is -0.357 e. The highest BCUT2D eigenvalue weighted by Gasteiger charge is 2.20. The van der Waals surface area contributed by atoms with Crippen molar-refractivity contribution in [3.8, 4) is 11.3 Å². The van der Waals surface area contributed by atoms with Gasteiger partial charge in [-0.15, -0.1) is 0 Å². The highest BCUT2D eigenvalue weighted by atomic mass is 16.6. The third kappa shape index (κ3) is 2.25. The summed E-state index contributed by atoms with van der Waals surface area (Å²) in [5.74, 6) is 0.335. The highest BCUT2D eigenvalue weighted by molar-refractivity contribution is 5.97. The molecule has 0 saturated heterocycles. The van der Waals surface area contributed by atoms with Crippen molar-refractivity contribution in [2.75, 3.05) is 12.4 Å². The number of benzene rings is 1. The van der Waals surface area contributed by atoms with Gasteiger partial charge in [0.2, 0.25) is 5.95 Å². The predicted molar refractivity (Wildman–Crippen MR) is 79.0 cm³/mol. The monoisotopic (exact) mass is 281 g/mol. The Morgan fingerprint density at radius 1 is 1.24 bits per heavy atom. The Kier molecular flexibility index (Phi) is 3.15. The molecule has 21 heavy (non-hydrogen) atoms. The topological polar surface area (TPSA) is 93.8 Å². The van der Waals surface area contributed by atoms with Gasteiger partial charge >= 0.3 is 5.69 Å². The summed E-state index contributed by atoms with van der Waals surface area (Å²) in [6, 6.07) is 7.34. The van der Waals surface area contributed by atoms with Gasteiger partial charge in [-0.2, -0.15) is 0 Å². The molecule has 0 aliphatic heterocycles. The van der Waals surface area contributed by atoms with Crippen LogP contribution in [0.2, 0.25) is 0 Å². The average molecular weight is 281 g/mol. The SMILES string of the molecule is CNc1ncc([N+](=O)[O-])c(-c2cccc3cnccc23)n1. The van der Waals surface area contributed by atoms with Crippen LogP contribution in [-0.4, -0.2) is 26.9 Å². The molecule has 7 heteroatoms. The van der Waals surface area contributed by atoms with E-state index in [0.717, 1.165) is 10.8 Å². The van der Waals surface area contributed by atoms with Gasteiger partial charge in [0.05, 0.1) is 4.92 Å². The molecule has 7 nitrogen and oxygen atoms in total. The van der Waals surface area contributed by atoms with E-state index < -0.39 is 4.92 Å². The summed E-state index contributed by atoms with van der Waals surface area (Å²) in [5.41, 5.74) is 0.843. The summed E-state index contributed by atoms with van der Waals surface area (Å²) in [4.78, 5) is 23.0. The van der Waals surface area contributed by atoms with Gasteiger partial charge in [-0.3, -0.25) is 15.1 Å². The Bertz CT molecular complexity index is 829. The number of pyridine rings is 1. The number of aromatic nitrogens is 3. The zero-order valence-corrected chi connectivity index (χ0v) is 11.1. The molecule has 0 radical (unpaired) electrons. The Morgan fingerprint density at radius 2 is 2.10 bits per heavy atom. The maximum atomic E-state index is 11.2. The van der Waals surface area contributed by atoms with E-state index in [1.807, 2.05) is 18.2 Å². The maximum absolute atomic E-state index is 11.2. The van der Waals surface area contributed by atoms with Crippen LogP contribution < -0.4 is 5.32 Å². The lowest BCUT2D eigenvalue weighted by atomic mass is 10.0. The Morgan fingerprint density at radius 3 is 2.86 bits per heavy atom. The molecule has 2 heterocycles. The molecule has 0 unspecified atom stereocenters. The third-order valence-corrected chi connectivity index (χ3v) is 3.13.